The van der Waals surface area contributed by atoms with Gasteiger partial charge in [-0.3, -0.25) is 9.59 Å². The van der Waals surface area contributed by atoms with Gasteiger partial charge in [0.1, 0.15) is 11.9 Å². The molecule has 0 spiro atoms. The minimum atomic E-state index is -3.80. The lowest BCUT2D eigenvalue weighted by atomic mass is 10.2. The maximum Gasteiger partial charge on any atom is 0.251 e. The van der Waals surface area contributed by atoms with Crippen LogP contribution in [0.4, 0.5) is 10.1 Å². The number of rotatable bonds is 6. The highest BCUT2D eigenvalue weighted by Gasteiger charge is 2.29. The van der Waals surface area contributed by atoms with Crippen molar-refractivity contribution in [3.63, 3.8) is 0 Å². The van der Waals surface area contributed by atoms with Crippen LogP contribution in [0.5, 0.6) is 0 Å². The Morgan fingerprint density at radius 1 is 1.07 bits per heavy atom. The summed E-state index contributed by atoms with van der Waals surface area (Å²) < 4.78 is 40.5. The third kappa shape index (κ3) is 4.77. The smallest absolute Gasteiger partial charge is 0.251 e. The number of hydrogen-bond donors (Lipinski definition) is 2. The summed E-state index contributed by atoms with van der Waals surface area (Å²) in [6.07, 6.45) is 0. The number of hydrogen-bond acceptors (Lipinski definition) is 5. The molecule has 0 aliphatic carbocycles. The van der Waals surface area contributed by atoms with Gasteiger partial charge in [-0.1, -0.05) is 6.07 Å². The van der Waals surface area contributed by atoms with E-state index >= 15 is 0 Å². The van der Waals surface area contributed by atoms with Crippen LogP contribution in [-0.2, 0) is 14.8 Å². The number of nitrogens with one attached hydrogen (secondary N) is 1. The monoisotopic (exact) mass is 434 g/mol. The van der Waals surface area contributed by atoms with Crippen molar-refractivity contribution in [1.82, 2.24) is 9.62 Å². The summed E-state index contributed by atoms with van der Waals surface area (Å²) in [5.74, 6) is -1.60. The molecule has 1 fully saturated rings. The van der Waals surface area contributed by atoms with Gasteiger partial charge in [0.05, 0.1) is 4.90 Å². The zero-order valence-electron chi connectivity index (χ0n) is 16.4. The standard InChI is InChI=1S/C20H23FN4O4S/c1-14(19(22)26)23-20(27)15-3-2-4-18(13-15)30(28,29)25-11-9-24(10-12-25)17-7-5-16(21)6-8-17/h2-8,13-14H,9-12H2,1H3,(H2,22,26)(H,23,27). The van der Waals surface area contributed by atoms with Crippen LogP contribution < -0.4 is 16.0 Å². The van der Waals surface area contributed by atoms with Gasteiger partial charge in [-0.15, -0.1) is 0 Å². The fourth-order valence-corrected chi connectivity index (χ4v) is 4.61. The Hall–Kier alpha value is -2.98. The lowest BCUT2D eigenvalue weighted by Gasteiger charge is -2.35. The predicted octanol–water partition coefficient (Wildman–Crippen LogP) is 0.940. The first-order chi connectivity index (χ1) is 14.2. The van der Waals surface area contributed by atoms with Crippen LogP contribution in [-0.4, -0.2) is 56.8 Å². The third-order valence-corrected chi connectivity index (χ3v) is 6.83. The first-order valence-corrected chi connectivity index (χ1v) is 10.8. The molecule has 0 aromatic heterocycles. The molecule has 2 amide bonds. The summed E-state index contributed by atoms with van der Waals surface area (Å²) in [5, 5.41) is 2.43. The summed E-state index contributed by atoms with van der Waals surface area (Å²) >= 11 is 0. The zero-order chi connectivity index (χ0) is 21.9. The predicted molar refractivity (Wildman–Crippen MR) is 110 cm³/mol. The van der Waals surface area contributed by atoms with Gasteiger partial charge in [-0.2, -0.15) is 4.31 Å². The highest BCUT2D eigenvalue weighted by molar-refractivity contribution is 7.89. The van der Waals surface area contributed by atoms with Crippen molar-refractivity contribution in [3.8, 4) is 0 Å². The minimum absolute atomic E-state index is 0.00268. The molecule has 2 aromatic rings. The van der Waals surface area contributed by atoms with Crippen LogP contribution in [0.2, 0.25) is 0 Å². The molecule has 10 heteroatoms. The van der Waals surface area contributed by atoms with Crippen molar-refractivity contribution in [2.24, 2.45) is 5.73 Å². The largest absolute Gasteiger partial charge is 0.369 e. The highest BCUT2D eigenvalue weighted by atomic mass is 32.2. The first-order valence-electron chi connectivity index (χ1n) is 9.39. The van der Waals surface area contributed by atoms with Crippen LogP contribution in [0.15, 0.2) is 53.4 Å². The van der Waals surface area contributed by atoms with Crippen molar-refractivity contribution >= 4 is 27.5 Å². The molecule has 1 atom stereocenters. The second-order valence-electron chi connectivity index (χ2n) is 6.99. The molecule has 0 saturated carbocycles. The first kappa shape index (κ1) is 21.7. The molecular formula is C20H23FN4O4S. The van der Waals surface area contributed by atoms with Gasteiger partial charge in [0, 0.05) is 37.4 Å². The number of nitrogens with zero attached hydrogens (tertiary/aromatic N) is 2. The second kappa shape index (κ2) is 8.80. The molecule has 8 nitrogen and oxygen atoms in total. The molecule has 2 aromatic carbocycles. The van der Waals surface area contributed by atoms with Crippen LogP contribution in [0.3, 0.4) is 0 Å². The van der Waals surface area contributed by atoms with Crippen molar-refractivity contribution in [3.05, 3.63) is 59.9 Å². The van der Waals surface area contributed by atoms with Crippen LogP contribution in [0.25, 0.3) is 0 Å². The minimum Gasteiger partial charge on any atom is -0.369 e. The fraction of sp³-hybridized carbons (Fsp3) is 0.300. The molecular weight excluding hydrogens is 411 g/mol. The number of carbonyl (C=O) groups excluding carboxylic acids is 2. The summed E-state index contributed by atoms with van der Waals surface area (Å²) in [5.41, 5.74) is 6.09. The van der Waals surface area contributed by atoms with E-state index in [-0.39, 0.29) is 29.4 Å². The summed E-state index contributed by atoms with van der Waals surface area (Å²) in [6, 6.07) is 10.8. The van der Waals surface area contributed by atoms with E-state index in [1.165, 1.54) is 47.6 Å². The molecule has 0 radical (unpaired) electrons. The number of piperazine rings is 1. The highest BCUT2D eigenvalue weighted by Crippen LogP contribution is 2.22. The number of sulfonamides is 1. The number of benzene rings is 2. The van der Waals surface area contributed by atoms with Crippen molar-refractivity contribution < 1.29 is 22.4 Å². The van der Waals surface area contributed by atoms with Crippen molar-refractivity contribution in [2.45, 2.75) is 17.9 Å². The van der Waals surface area contributed by atoms with E-state index in [0.29, 0.717) is 13.1 Å². The maximum absolute atomic E-state index is 13.1. The van der Waals surface area contributed by atoms with E-state index in [1.54, 1.807) is 12.1 Å². The van der Waals surface area contributed by atoms with Crippen molar-refractivity contribution in [2.75, 3.05) is 31.1 Å². The molecule has 1 heterocycles. The number of halogens is 1. The number of carbonyl (C=O) groups is 2. The number of nitrogens with two attached hydrogens (primary N) is 1. The number of anilines is 1. The SMILES string of the molecule is CC(NC(=O)c1cccc(S(=O)(=O)N2CCN(c3ccc(F)cc3)CC2)c1)C(N)=O. The summed E-state index contributed by atoms with van der Waals surface area (Å²) in [6.45, 7) is 2.88. The molecule has 1 aliphatic rings. The Balaban J connectivity index is 1.71. The molecule has 3 N–H and O–H groups in total. The van der Waals surface area contributed by atoms with Gasteiger partial charge < -0.3 is 16.0 Å². The second-order valence-corrected chi connectivity index (χ2v) is 8.93. The average Bonchev–Trinajstić information content (AvgIpc) is 2.74. The molecule has 30 heavy (non-hydrogen) atoms. The van der Waals surface area contributed by atoms with Gasteiger partial charge in [-0.05, 0) is 49.4 Å². The molecule has 1 aliphatic heterocycles. The van der Waals surface area contributed by atoms with Gasteiger partial charge in [0.2, 0.25) is 15.9 Å². The molecule has 0 bridgehead atoms. The summed E-state index contributed by atoms with van der Waals surface area (Å²) in [7, 11) is -3.80. The summed E-state index contributed by atoms with van der Waals surface area (Å²) in [4.78, 5) is 25.4. The Morgan fingerprint density at radius 3 is 2.30 bits per heavy atom. The van der Waals surface area contributed by atoms with Gasteiger partial charge in [-0.25, -0.2) is 12.8 Å². The zero-order valence-corrected chi connectivity index (χ0v) is 17.2. The number of amides is 2. The third-order valence-electron chi connectivity index (χ3n) is 4.94. The Bertz CT molecular complexity index is 1040. The normalized spacial score (nSPS) is 16.1. The topological polar surface area (TPSA) is 113 Å². The van der Waals surface area contributed by atoms with Crippen LogP contribution in [0, 0.1) is 5.82 Å². The van der Waals surface area contributed by atoms with Gasteiger partial charge in [0.15, 0.2) is 0 Å². The van der Waals surface area contributed by atoms with E-state index in [4.69, 9.17) is 5.73 Å². The lowest BCUT2D eigenvalue weighted by Crippen LogP contribution is -2.48. The van der Waals surface area contributed by atoms with E-state index in [0.717, 1.165) is 5.69 Å². The van der Waals surface area contributed by atoms with Gasteiger partial charge in [0.25, 0.3) is 5.91 Å². The quantitative estimate of drug-likeness (QED) is 0.703. The van der Waals surface area contributed by atoms with E-state index in [1.807, 2.05) is 4.90 Å². The molecule has 1 saturated heterocycles. The maximum atomic E-state index is 13.1. The molecule has 3 rings (SSSR count). The fourth-order valence-electron chi connectivity index (χ4n) is 3.14. The number of primary amides is 1. The lowest BCUT2D eigenvalue weighted by molar-refractivity contribution is -0.119. The van der Waals surface area contributed by atoms with E-state index in [2.05, 4.69) is 5.32 Å². The Kier molecular flexibility index (Phi) is 6.37. The Labute approximate surface area is 174 Å². The Morgan fingerprint density at radius 2 is 1.70 bits per heavy atom. The molecule has 1 unspecified atom stereocenters. The van der Waals surface area contributed by atoms with Crippen LogP contribution in [0.1, 0.15) is 17.3 Å². The van der Waals surface area contributed by atoms with E-state index in [9.17, 15) is 22.4 Å². The molecule has 160 valence electrons. The van der Waals surface area contributed by atoms with E-state index < -0.39 is 27.9 Å². The van der Waals surface area contributed by atoms with Crippen molar-refractivity contribution in [1.29, 1.82) is 0 Å². The van der Waals surface area contributed by atoms with Gasteiger partial charge >= 0.3 is 0 Å². The van der Waals surface area contributed by atoms with Crippen LogP contribution >= 0.6 is 0 Å². The average molecular weight is 434 g/mol.